The average Bonchev–Trinajstić information content (AvgIpc) is 3.46. The van der Waals surface area contributed by atoms with E-state index in [2.05, 4.69) is 4.98 Å². The molecule has 1 aromatic carbocycles. The van der Waals surface area contributed by atoms with Gasteiger partial charge in [-0.05, 0) is 64.7 Å². The Morgan fingerprint density at radius 1 is 1.08 bits per heavy atom. The van der Waals surface area contributed by atoms with Crippen LogP contribution in [0.25, 0.3) is 11.0 Å². The first-order valence-corrected chi connectivity index (χ1v) is 14.0. The molecule has 2 aromatic heterocycles. The molecular formula is C27H30N4O5S. The fourth-order valence-corrected chi connectivity index (χ4v) is 7.81. The van der Waals surface area contributed by atoms with E-state index in [0.717, 1.165) is 18.4 Å². The summed E-state index contributed by atoms with van der Waals surface area (Å²) < 4.78 is 33.8. The summed E-state index contributed by atoms with van der Waals surface area (Å²) in [7, 11) is -2.13. The van der Waals surface area contributed by atoms with Crippen molar-refractivity contribution in [1.82, 2.24) is 13.9 Å². The Morgan fingerprint density at radius 2 is 1.73 bits per heavy atom. The summed E-state index contributed by atoms with van der Waals surface area (Å²) in [4.78, 5) is 35.1. The van der Waals surface area contributed by atoms with Crippen molar-refractivity contribution in [2.45, 2.75) is 74.4 Å². The van der Waals surface area contributed by atoms with E-state index in [1.165, 1.54) is 10.2 Å². The van der Waals surface area contributed by atoms with Crippen molar-refractivity contribution in [1.29, 1.82) is 0 Å². The fraction of sp³-hybridized carbons (Fsp3) is 0.444. The first-order chi connectivity index (χ1) is 17.4. The van der Waals surface area contributed by atoms with Crippen molar-refractivity contribution < 1.29 is 22.7 Å². The van der Waals surface area contributed by atoms with Gasteiger partial charge in [0, 0.05) is 36.3 Å². The molecule has 3 aromatic rings. The second-order valence-electron chi connectivity index (χ2n) is 11.3. The number of pyridine rings is 1. The van der Waals surface area contributed by atoms with Crippen molar-refractivity contribution in [3.63, 3.8) is 0 Å². The molecule has 2 bridgehead atoms. The topological polar surface area (TPSA) is 102 Å². The van der Waals surface area contributed by atoms with E-state index in [1.807, 2.05) is 25.7 Å². The molecule has 0 aliphatic carbocycles. The van der Waals surface area contributed by atoms with E-state index in [0.29, 0.717) is 29.6 Å². The van der Waals surface area contributed by atoms with Gasteiger partial charge in [-0.1, -0.05) is 18.2 Å². The molecule has 3 aliphatic rings. The Morgan fingerprint density at radius 3 is 2.35 bits per heavy atom. The number of fused-ring (bicyclic) bond motifs is 6. The predicted octanol–water partition coefficient (Wildman–Crippen LogP) is 4.05. The number of carbonyl (C=O) groups excluding carboxylic acids is 2. The highest BCUT2D eigenvalue weighted by molar-refractivity contribution is 7.90. The van der Waals surface area contributed by atoms with Gasteiger partial charge >= 0.3 is 6.09 Å². The first-order valence-electron chi connectivity index (χ1n) is 12.5. The largest absolute Gasteiger partial charge is 0.444 e. The van der Waals surface area contributed by atoms with Gasteiger partial charge in [0.05, 0.1) is 22.2 Å². The third kappa shape index (κ3) is 3.41. The first kappa shape index (κ1) is 24.0. The lowest BCUT2D eigenvalue weighted by molar-refractivity contribution is -0.125. The molecule has 0 saturated carbocycles. The van der Waals surface area contributed by atoms with Crippen molar-refractivity contribution in [2.75, 3.05) is 11.9 Å². The van der Waals surface area contributed by atoms with Crippen LogP contribution in [0, 0.1) is 0 Å². The van der Waals surface area contributed by atoms with Gasteiger partial charge in [0.2, 0.25) is 5.91 Å². The molecule has 1 spiro atoms. The highest BCUT2D eigenvalue weighted by atomic mass is 32.2. The molecule has 2 unspecified atom stereocenters. The molecule has 37 heavy (non-hydrogen) atoms. The van der Waals surface area contributed by atoms with Crippen LogP contribution in [-0.4, -0.2) is 59.0 Å². The van der Waals surface area contributed by atoms with Crippen LogP contribution in [-0.2, 0) is 25.0 Å². The lowest BCUT2D eigenvalue weighted by Gasteiger charge is -2.44. The van der Waals surface area contributed by atoms with Crippen molar-refractivity contribution in [2.24, 2.45) is 0 Å². The summed E-state index contributed by atoms with van der Waals surface area (Å²) in [6, 6.07) is 9.72. The molecule has 6 rings (SSSR count). The van der Waals surface area contributed by atoms with Gasteiger partial charge in [0.1, 0.15) is 5.60 Å². The zero-order chi connectivity index (χ0) is 26.3. The van der Waals surface area contributed by atoms with E-state index in [1.54, 1.807) is 54.5 Å². The quantitative estimate of drug-likeness (QED) is 0.503. The SMILES string of the molecule is CN1C(=O)C2(CC3CCC(C2)N3C(=O)OC(C)(C)C)c2c1cnc1c2ccn1S(=O)(=O)c1ccccc1. The van der Waals surface area contributed by atoms with Gasteiger partial charge in [-0.25, -0.2) is 22.2 Å². The molecular weight excluding hydrogens is 492 g/mol. The Labute approximate surface area is 216 Å². The van der Waals surface area contributed by atoms with Crippen molar-refractivity contribution in [3.05, 3.63) is 54.4 Å². The standard InChI is InChI=1S/C27H30N4O5S/c1-26(2,3)36-25(33)31-17-10-11-18(31)15-27(14-17)22-20-12-13-30(37(34,35)19-8-6-5-7-9-19)23(20)28-16-21(22)29(4)24(27)32/h5-9,12-13,16-18H,10-11,14-15H2,1-4H3. The number of benzene rings is 1. The van der Waals surface area contributed by atoms with Crippen LogP contribution in [0.3, 0.4) is 0 Å². The summed E-state index contributed by atoms with van der Waals surface area (Å²) in [6.07, 6.45) is 5.31. The van der Waals surface area contributed by atoms with Gasteiger partial charge in [0.15, 0.2) is 5.65 Å². The van der Waals surface area contributed by atoms with Crippen LogP contribution in [0.4, 0.5) is 10.5 Å². The number of ether oxygens (including phenoxy) is 1. The highest BCUT2D eigenvalue weighted by Crippen LogP contribution is 2.55. The second-order valence-corrected chi connectivity index (χ2v) is 13.1. The van der Waals surface area contributed by atoms with Crippen LogP contribution >= 0.6 is 0 Å². The van der Waals surface area contributed by atoms with Gasteiger partial charge in [-0.15, -0.1) is 0 Å². The summed E-state index contributed by atoms with van der Waals surface area (Å²) >= 11 is 0. The minimum absolute atomic E-state index is 0.0313. The minimum atomic E-state index is -3.87. The number of piperidine rings is 1. The molecule has 0 N–H and O–H groups in total. The summed E-state index contributed by atoms with van der Waals surface area (Å²) in [5, 5.41) is 0.653. The number of aromatic nitrogens is 2. The van der Waals surface area contributed by atoms with Gasteiger partial charge in [-0.2, -0.15) is 0 Å². The maximum absolute atomic E-state index is 13.9. The molecule has 10 heteroatoms. The van der Waals surface area contributed by atoms with E-state index < -0.39 is 21.0 Å². The van der Waals surface area contributed by atoms with E-state index in [-0.39, 0.29) is 29.0 Å². The molecule has 3 aliphatic heterocycles. The molecule has 5 heterocycles. The number of hydrogen-bond donors (Lipinski definition) is 0. The maximum Gasteiger partial charge on any atom is 0.410 e. The van der Waals surface area contributed by atoms with Gasteiger partial charge in [0.25, 0.3) is 10.0 Å². The molecule has 2 saturated heterocycles. The lowest BCUT2D eigenvalue weighted by atomic mass is 9.70. The van der Waals surface area contributed by atoms with Gasteiger partial charge in [-0.3, -0.25) is 4.79 Å². The summed E-state index contributed by atoms with van der Waals surface area (Å²) in [5.74, 6) is -0.0313. The van der Waals surface area contributed by atoms with Crippen molar-refractivity contribution >= 4 is 38.7 Å². The molecule has 0 radical (unpaired) electrons. The Balaban J connectivity index is 1.46. The van der Waals surface area contributed by atoms with Gasteiger partial charge < -0.3 is 14.5 Å². The molecule has 194 valence electrons. The third-order valence-corrected chi connectivity index (χ3v) is 9.59. The molecule has 2 fully saturated rings. The van der Waals surface area contributed by atoms with E-state index in [9.17, 15) is 18.0 Å². The fourth-order valence-electron chi connectivity index (χ4n) is 6.49. The van der Waals surface area contributed by atoms with E-state index in [4.69, 9.17) is 4.74 Å². The summed E-state index contributed by atoms with van der Waals surface area (Å²) in [6.45, 7) is 5.55. The predicted molar refractivity (Wildman–Crippen MR) is 138 cm³/mol. The second kappa shape index (κ2) is 7.80. The maximum atomic E-state index is 13.9. The Bertz CT molecular complexity index is 1530. The number of hydrogen-bond acceptors (Lipinski definition) is 6. The highest BCUT2D eigenvalue weighted by Gasteiger charge is 2.60. The average molecular weight is 523 g/mol. The van der Waals surface area contributed by atoms with Crippen LogP contribution in [0.1, 0.15) is 52.0 Å². The molecule has 9 nitrogen and oxygen atoms in total. The molecule has 2 amide bonds. The number of carbonyl (C=O) groups is 2. The zero-order valence-corrected chi connectivity index (χ0v) is 22.2. The third-order valence-electron chi connectivity index (χ3n) is 7.91. The van der Waals surface area contributed by atoms with Crippen LogP contribution < -0.4 is 4.90 Å². The normalized spacial score (nSPS) is 25.2. The lowest BCUT2D eigenvalue weighted by Crippen LogP contribution is -2.55. The summed E-state index contributed by atoms with van der Waals surface area (Å²) in [5.41, 5.74) is 0.350. The number of rotatable bonds is 2. The van der Waals surface area contributed by atoms with Crippen LogP contribution in [0.5, 0.6) is 0 Å². The smallest absolute Gasteiger partial charge is 0.410 e. The Hall–Kier alpha value is -3.40. The zero-order valence-electron chi connectivity index (χ0n) is 21.3. The van der Waals surface area contributed by atoms with E-state index >= 15 is 0 Å². The Kier molecular flexibility index (Phi) is 5.05. The van der Waals surface area contributed by atoms with Crippen molar-refractivity contribution in [3.8, 4) is 0 Å². The van der Waals surface area contributed by atoms with Crippen LogP contribution in [0.15, 0.2) is 53.7 Å². The minimum Gasteiger partial charge on any atom is -0.444 e. The monoisotopic (exact) mass is 522 g/mol. The number of anilines is 1. The number of likely N-dealkylation sites (N-methyl/N-ethyl adjacent to an activating group) is 1. The molecule has 2 atom stereocenters. The van der Waals surface area contributed by atoms with Crippen LogP contribution in [0.2, 0.25) is 0 Å². The number of nitrogens with zero attached hydrogens (tertiary/aromatic N) is 4. The number of amides is 2.